The van der Waals surface area contributed by atoms with Gasteiger partial charge in [0.1, 0.15) is 0 Å². The summed E-state index contributed by atoms with van der Waals surface area (Å²) in [6.45, 7) is 6.33. The van der Waals surface area contributed by atoms with Gasteiger partial charge in [-0.15, -0.1) is 0 Å². The number of aromatic nitrogens is 1. The van der Waals surface area contributed by atoms with Gasteiger partial charge in [0.2, 0.25) is 6.54 Å². The Morgan fingerprint density at radius 2 is 1.70 bits per heavy atom. The van der Waals surface area contributed by atoms with Gasteiger partial charge in [0.15, 0.2) is 11.9 Å². The van der Waals surface area contributed by atoms with Crippen molar-refractivity contribution >= 4 is 11.6 Å². The Hall–Kier alpha value is -1.06. The van der Waals surface area contributed by atoms with E-state index in [4.69, 9.17) is 0 Å². The second-order valence-corrected chi connectivity index (χ2v) is 4.78. The maximum absolute atomic E-state index is 12.1. The van der Waals surface area contributed by atoms with Crippen LogP contribution in [0.5, 0.6) is 0 Å². The molecule has 1 amide bonds. The van der Waals surface area contributed by atoms with Crippen LogP contribution in [0.2, 0.25) is 0 Å². The summed E-state index contributed by atoms with van der Waals surface area (Å²) in [6.07, 6.45) is 1.92. The number of rotatable bonds is 3. The van der Waals surface area contributed by atoms with Crippen LogP contribution in [0.15, 0.2) is 42.6 Å². The zero-order chi connectivity index (χ0) is 13.8. The van der Waals surface area contributed by atoms with Crippen molar-refractivity contribution in [3.05, 3.63) is 59.4 Å². The Morgan fingerprint density at radius 3 is 2.30 bits per heavy atom. The summed E-state index contributed by atoms with van der Waals surface area (Å²) in [5.74, 6) is -0.00306. The van der Waals surface area contributed by atoms with E-state index in [9.17, 15) is 4.79 Å². The quantitative estimate of drug-likeness (QED) is 0.853. The standard InChI is InChI=1S/C16H18N2O.Y/c1-12-7-6-8-13(2)16(12)17-15(19)11-18-10-5-4-9-14(18)3;/h4-10H,11H2,1-3H3;/p+1. The van der Waals surface area contributed by atoms with Crippen LogP contribution in [0.25, 0.3) is 0 Å². The fraction of sp³-hybridized carbons (Fsp3) is 0.250. The van der Waals surface area contributed by atoms with Crippen LogP contribution in [0, 0.1) is 20.8 Å². The third kappa shape index (κ3) is 4.22. The molecule has 1 radical (unpaired) electrons. The van der Waals surface area contributed by atoms with Gasteiger partial charge in [0, 0.05) is 57.5 Å². The van der Waals surface area contributed by atoms with E-state index in [0.717, 1.165) is 22.5 Å². The maximum atomic E-state index is 12.1. The zero-order valence-corrected chi connectivity index (χ0v) is 15.0. The summed E-state index contributed by atoms with van der Waals surface area (Å²) in [7, 11) is 0. The molecule has 0 fully saturated rings. The molecule has 0 bridgehead atoms. The van der Waals surface area contributed by atoms with Crippen LogP contribution >= 0.6 is 0 Å². The molecule has 3 nitrogen and oxygen atoms in total. The first-order valence-electron chi connectivity index (χ1n) is 6.39. The number of anilines is 1. The van der Waals surface area contributed by atoms with E-state index < -0.39 is 0 Å². The molecule has 0 aliphatic carbocycles. The van der Waals surface area contributed by atoms with Crippen molar-refractivity contribution in [1.29, 1.82) is 0 Å². The van der Waals surface area contributed by atoms with Crippen LogP contribution in [0.1, 0.15) is 16.8 Å². The van der Waals surface area contributed by atoms with Crippen molar-refractivity contribution in [3.63, 3.8) is 0 Å². The summed E-state index contributed by atoms with van der Waals surface area (Å²) < 4.78 is 1.93. The molecule has 4 heteroatoms. The minimum atomic E-state index is -0.00306. The second kappa shape index (κ2) is 7.65. The molecule has 0 aliphatic rings. The number of carbonyl (C=O) groups excluding carboxylic acids is 1. The number of amides is 1. The molecule has 1 aromatic carbocycles. The number of hydrogen-bond donors (Lipinski definition) is 1. The number of benzene rings is 1. The molecule has 0 unspecified atom stereocenters. The molecule has 1 heterocycles. The number of pyridine rings is 1. The van der Waals surface area contributed by atoms with Crippen LogP contribution in [0.3, 0.4) is 0 Å². The third-order valence-corrected chi connectivity index (χ3v) is 3.23. The van der Waals surface area contributed by atoms with Gasteiger partial charge in [-0.1, -0.05) is 24.3 Å². The summed E-state index contributed by atoms with van der Waals surface area (Å²) in [6, 6.07) is 11.9. The summed E-state index contributed by atoms with van der Waals surface area (Å²) in [5.41, 5.74) is 4.16. The fourth-order valence-corrected chi connectivity index (χ4v) is 2.08. The molecule has 0 saturated heterocycles. The predicted molar refractivity (Wildman–Crippen MR) is 75.9 cm³/mol. The number of nitrogens with one attached hydrogen (secondary N) is 1. The summed E-state index contributed by atoms with van der Waals surface area (Å²) >= 11 is 0. The largest absolute Gasteiger partial charge is 0.320 e. The van der Waals surface area contributed by atoms with Gasteiger partial charge < -0.3 is 5.32 Å². The maximum Gasteiger partial charge on any atom is 0.290 e. The molecule has 2 aromatic rings. The first-order chi connectivity index (χ1) is 9.08. The first kappa shape index (κ1) is 17.0. The minimum Gasteiger partial charge on any atom is -0.320 e. The Morgan fingerprint density at radius 1 is 1.05 bits per heavy atom. The average molecular weight is 344 g/mol. The molecule has 20 heavy (non-hydrogen) atoms. The van der Waals surface area contributed by atoms with Crippen molar-refractivity contribution < 1.29 is 42.1 Å². The van der Waals surface area contributed by atoms with Crippen molar-refractivity contribution in [1.82, 2.24) is 0 Å². The number of para-hydroxylation sites is 1. The van der Waals surface area contributed by atoms with Crippen molar-refractivity contribution in [2.24, 2.45) is 0 Å². The van der Waals surface area contributed by atoms with Gasteiger partial charge in [-0.3, -0.25) is 4.79 Å². The van der Waals surface area contributed by atoms with E-state index in [0.29, 0.717) is 6.54 Å². The Kier molecular flexibility index (Phi) is 6.50. The summed E-state index contributed by atoms with van der Waals surface area (Å²) in [4.78, 5) is 12.1. The number of aryl methyl sites for hydroxylation is 3. The molecule has 0 saturated carbocycles. The number of nitrogens with zero attached hydrogens (tertiary/aromatic N) is 1. The van der Waals surface area contributed by atoms with Gasteiger partial charge in [-0.2, -0.15) is 4.57 Å². The van der Waals surface area contributed by atoms with E-state index in [2.05, 4.69) is 5.32 Å². The molecule has 0 spiro atoms. The van der Waals surface area contributed by atoms with E-state index in [1.807, 2.05) is 67.9 Å². The first-order valence-corrected chi connectivity index (χ1v) is 6.39. The number of hydrogen-bond acceptors (Lipinski definition) is 1. The van der Waals surface area contributed by atoms with E-state index in [1.165, 1.54) is 0 Å². The molecular weight excluding hydrogens is 325 g/mol. The van der Waals surface area contributed by atoms with Crippen LogP contribution < -0.4 is 9.88 Å². The van der Waals surface area contributed by atoms with Crippen molar-refractivity contribution in [2.75, 3.05) is 5.32 Å². The topological polar surface area (TPSA) is 33.0 Å². The van der Waals surface area contributed by atoms with Crippen molar-refractivity contribution in [3.8, 4) is 0 Å². The van der Waals surface area contributed by atoms with E-state index in [1.54, 1.807) is 0 Å². The van der Waals surface area contributed by atoms with E-state index in [-0.39, 0.29) is 38.6 Å². The Balaban J connectivity index is 0.00000200. The molecule has 0 aliphatic heterocycles. The molecule has 0 atom stereocenters. The van der Waals surface area contributed by atoms with E-state index >= 15 is 0 Å². The predicted octanol–water partition coefficient (Wildman–Crippen LogP) is 2.54. The van der Waals surface area contributed by atoms with Crippen LogP contribution in [0.4, 0.5) is 5.69 Å². The SMILES string of the molecule is Cc1cccc(C)c1NC(=O)C[n+]1ccccc1C.[Y]. The molecule has 2 rings (SSSR count). The summed E-state index contributed by atoms with van der Waals surface area (Å²) in [5, 5.41) is 2.99. The van der Waals surface area contributed by atoms with Crippen LogP contribution in [-0.4, -0.2) is 5.91 Å². The monoisotopic (exact) mass is 344 g/mol. The molecule has 1 aromatic heterocycles. The van der Waals surface area contributed by atoms with Gasteiger partial charge in [-0.25, -0.2) is 0 Å². The van der Waals surface area contributed by atoms with Gasteiger partial charge in [-0.05, 0) is 25.0 Å². The average Bonchev–Trinajstić information content (AvgIpc) is 2.37. The third-order valence-electron chi connectivity index (χ3n) is 3.23. The molecular formula is C16H19N2OY+. The van der Waals surface area contributed by atoms with Crippen molar-refractivity contribution in [2.45, 2.75) is 27.3 Å². The number of carbonyl (C=O) groups is 1. The van der Waals surface area contributed by atoms with Gasteiger partial charge >= 0.3 is 0 Å². The molecule has 101 valence electrons. The van der Waals surface area contributed by atoms with Gasteiger partial charge in [0.05, 0.1) is 0 Å². The Labute approximate surface area is 145 Å². The molecule has 1 N–H and O–H groups in total. The minimum absolute atomic E-state index is 0. The second-order valence-electron chi connectivity index (χ2n) is 4.78. The normalized spacial score (nSPS) is 9.75. The fourth-order valence-electron chi connectivity index (χ4n) is 2.08. The van der Waals surface area contributed by atoms with Gasteiger partial charge in [0.25, 0.3) is 5.91 Å². The van der Waals surface area contributed by atoms with Crippen LogP contribution in [-0.2, 0) is 44.0 Å². The Bertz CT molecular complexity index is 591. The smallest absolute Gasteiger partial charge is 0.290 e. The zero-order valence-electron chi connectivity index (χ0n) is 12.2.